The molecule has 1 saturated heterocycles. The van der Waals surface area contributed by atoms with Crippen LogP contribution in [0.3, 0.4) is 0 Å². The van der Waals surface area contributed by atoms with Crippen molar-refractivity contribution in [1.82, 2.24) is 5.32 Å². The third-order valence-electron chi connectivity index (χ3n) is 4.12. The molecule has 2 N–H and O–H groups in total. The van der Waals surface area contributed by atoms with Gasteiger partial charge in [0.15, 0.2) is 0 Å². The molecule has 0 radical (unpaired) electrons. The van der Waals surface area contributed by atoms with E-state index in [1.54, 1.807) is 0 Å². The predicted molar refractivity (Wildman–Crippen MR) is 89.0 cm³/mol. The molecule has 1 spiro atoms. The number of ether oxygens (including phenoxy) is 2. The van der Waals surface area contributed by atoms with Crippen molar-refractivity contribution < 1.29 is 32.5 Å². The van der Waals surface area contributed by atoms with Crippen LogP contribution in [0.1, 0.15) is 18.4 Å². The highest BCUT2D eigenvalue weighted by Gasteiger charge is 2.47. The van der Waals surface area contributed by atoms with Crippen LogP contribution in [0.25, 0.3) is 5.57 Å². The minimum absolute atomic E-state index is 0.0132. The molecule has 0 aromatic heterocycles. The Bertz CT molecular complexity index is 735. The Morgan fingerprint density at radius 2 is 1.76 bits per heavy atom. The summed E-state index contributed by atoms with van der Waals surface area (Å²) < 4.78 is 46.7. The highest BCUT2D eigenvalue weighted by molar-refractivity contribution is 9.11. The van der Waals surface area contributed by atoms with Crippen molar-refractivity contribution in [3.05, 3.63) is 32.4 Å². The Morgan fingerprint density at radius 3 is 2.28 bits per heavy atom. The fourth-order valence-corrected chi connectivity index (χ4v) is 4.52. The molecular formula is C15H12Br2F3NO4. The number of rotatable bonds is 2. The zero-order valence-corrected chi connectivity index (χ0v) is 15.7. The third-order valence-corrected chi connectivity index (χ3v) is 5.37. The second kappa shape index (κ2) is 6.48. The van der Waals surface area contributed by atoms with E-state index in [0.717, 1.165) is 12.1 Å². The number of halogens is 5. The number of hydrogen-bond acceptors (Lipinski definition) is 4. The first-order valence-electron chi connectivity index (χ1n) is 7.22. The highest BCUT2D eigenvalue weighted by Crippen LogP contribution is 2.44. The van der Waals surface area contributed by atoms with Gasteiger partial charge in [-0.2, -0.15) is 0 Å². The molecule has 0 aliphatic carbocycles. The Labute approximate surface area is 157 Å². The van der Waals surface area contributed by atoms with Crippen molar-refractivity contribution in [3.63, 3.8) is 0 Å². The molecule has 3 rings (SSSR count). The zero-order chi connectivity index (χ0) is 18.4. The molecule has 0 unspecified atom stereocenters. The zero-order valence-electron chi connectivity index (χ0n) is 12.5. The summed E-state index contributed by atoms with van der Waals surface area (Å²) >= 11 is 6.31. The highest BCUT2D eigenvalue weighted by atomic mass is 79.9. The molecular weight excluding hydrogens is 475 g/mol. The van der Waals surface area contributed by atoms with E-state index < -0.39 is 23.6 Å². The van der Waals surface area contributed by atoms with Crippen molar-refractivity contribution in [3.8, 4) is 5.75 Å². The number of aliphatic hydroxyl groups excluding tert-OH is 1. The summed E-state index contributed by atoms with van der Waals surface area (Å²) in [6.07, 6.45) is -4.00. The van der Waals surface area contributed by atoms with Gasteiger partial charge in [0, 0.05) is 40.6 Å². The molecule has 1 aromatic rings. The Balaban J connectivity index is 2.05. The monoisotopic (exact) mass is 485 g/mol. The van der Waals surface area contributed by atoms with Gasteiger partial charge >= 0.3 is 6.36 Å². The lowest BCUT2D eigenvalue weighted by Crippen LogP contribution is -2.48. The van der Waals surface area contributed by atoms with E-state index in [0.29, 0.717) is 26.1 Å². The largest absolute Gasteiger partial charge is 0.573 e. The Hall–Kier alpha value is -1.26. The van der Waals surface area contributed by atoms with Gasteiger partial charge in [0.05, 0.1) is 5.57 Å². The summed E-state index contributed by atoms with van der Waals surface area (Å²) in [6, 6.07) is 2.19. The number of amides is 1. The lowest BCUT2D eigenvalue weighted by molar-refractivity contribution is -0.274. The van der Waals surface area contributed by atoms with Crippen LogP contribution in [0.15, 0.2) is 26.8 Å². The smallest absolute Gasteiger partial charge is 0.509 e. The van der Waals surface area contributed by atoms with E-state index in [1.807, 2.05) is 0 Å². The molecule has 2 aliphatic heterocycles. The molecule has 0 saturated carbocycles. The van der Waals surface area contributed by atoms with Gasteiger partial charge in [-0.3, -0.25) is 4.79 Å². The van der Waals surface area contributed by atoms with Gasteiger partial charge in [-0.25, -0.2) is 0 Å². The van der Waals surface area contributed by atoms with Crippen molar-refractivity contribution in [2.24, 2.45) is 0 Å². The average molecular weight is 487 g/mol. The molecule has 25 heavy (non-hydrogen) atoms. The lowest BCUT2D eigenvalue weighted by atomic mass is 9.88. The molecule has 2 aliphatic rings. The van der Waals surface area contributed by atoms with E-state index in [9.17, 15) is 23.1 Å². The number of aliphatic hydroxyl groups is 1. The first-order chi connectivity index (χ1) is 11.6. The van der Waals surface area contributed by atoms with Gasteiger partial charge in [-0.05, 0) is 44.0 Å². The van der Waals surface area contributed by atoms with Crippen LogP contribution < -0.4 is 10.1 Å². The summed E-state index contributed by atoms with van der Waals surface area (Å²) in [5.41, 5.74) is -0.628. The maximum atomic E-state index is 12.5. The molecule has 1 fully saturated rings. The predicted octanol–water partition coefficient (Wildman–Crippen LogP) is 4.06. The summed E-state index contributed by atoms with van der Waals surface area (Å²) in [5.74, 6) is -1.08. The number of nitrogens with one attached hydrogen (secondary N) is 1. The van der Waals surface area contributed by atoms with Crippen LogP contribution in [-0.4, -0.2) is 36.1 Å². The standard InChI is InChI=1S/C15H12Br2F3NO4/c16-8-5-7(25-15(18,19)20)6-9(17)10(8)11-12(22)14(21-13(11)23)1-3-24-4-2-14/h5-6,22H,1-4H2,(H,21,23). The first kappa shape index (κ1) is 18.5. The van der Waals surface area contributed by atoms with Crippen LogP contribution in [0.5, 0.6) is 5.75 Å². The van der Waals surface area contributed by atoms with Gasteiger partial charge in [-0.1, -0.05) is 0 Å². The topological polar surface area (TPSA) is 67.8 Å². The summed E-state index contributed by atoms with van der Waals surface area (Å²) in [7, 11) is 0. The quantitative estimate of drug-likeness (QED) is 0.661. The summed E-state index contributed by atoms with van der Waals surface area (Å²) in [4.78, 5) is 12.5. The van der Waals surface area contributed by atoms with Gasteiger partial charge in [0.2, 0.25) is 0 Å². The summed E-state index contributed by atoms with van der Waals surface area (Å²) in [5, 5.41) is 13.5. The molecule has 1 amide bonds. The van der Waals surface area contributed by atoms with Crippen molar-refractivity contribution in [2.75, 3.05) is 13.2 Å². The third kappa shape index (κ3) is 3.52. The first-order valence-corrected chi connectivity index (χ1v) is 8.81. The number of alkyl halides is 3. The minimum atomic E-state index is -4.83. The van der Waals surface area contributed by atoms with Gasteiger partial charge in [0.25, 0.3) is 5.91 Å². The van der Waals surface area contributed by atoms with Crippen LogP contribution in [0.4, 0.5) is 13.2 Å². The number of carbonyl (C=O) groups is 1. The van der Waals surface area contributed by atoms with E-state index >= 15 is 0 Å². The second-order valence-corrected chi connectivity index (χ2v) is 7.39. The second-order valence-electron chi connectivity index (χ2n) is 5.68. The average Bonchev–Trinajstić information content (AvgIpc) is 2.70. The molecule has 136 valence electrons. The van der Waals surface area contributed by atoms with Crippen LogP contribution in [-0.2, 0) is 9.53 Å². The Morgan fingerprint density at radius 1 is 1.20 bits per heavy atom. The van der Waals surface area contributed by atoms with E-state index in [1.165, 1.54) is 0 Å². The minimum Gasteiger partial charge on any atom is -0.509 e. The van der Waals surface area contributed by atoms with Crippen molar-refractivity contribution >= 4 is 43.3 Å². The lowest BCUT2D eigenvalue weighted by Gasteiger charge is -2.33. The molecule has 0 bridgehead atoms. The normalized spacial score (nSPS) is 20.1. The Kier molecular flexibility index (Phi) is 4.80. The van der Waals surface area contributed by atoms with E-state index in [-0.39, 0.29) is 25.8 Å². The fourth-order valence-electron chi connectivity index (χ4n) is 2.98. The number of benzene rings is 1. The molecule has 1 aromatic carbocycles. The van der Waals surface area contributed by atoms with Crippen molar-refractivity contribution in [2.45, 2.75) is 24.7 Å². The van der Waals surface area contributed by atoms with Crippen molar-refractivity contribution in [1.29, 1.82) is 0 Å². The molecule has 2 heterocycles. The number of hydrogen-bond donors (Lipinski definition) is 2. The maximum Gasteiger partial charge on any atom is 0.573 e. The fraction of sp³-hybridized carbons (Fsp3) is 0.400. The van der Waals surface area contributed by atoms with E-state index in [2.05, 4.69) is 41.9 Å². The number of carbonyl (C=O) groups excluding carboxylic acids is 1. The molecule has 0 atom stereocenters. The van der Waals surface area contributed by atoms with Crippen LogP contribution >= 0.6 is 31.9 Å². The maximum absolute atomic E-state index is 12.5. The van der Waals surface area contributed by atoms with Crippen LogP contribution in [0, 0.1) is 0 Å². The van der Waals surface area contributed by atoms with Gasteiger partial charge < -0.3 is 19.9 Å². The SMILES string of the molecule is O=C1NC2(CCOCC2)C(O)=C1c1c(Br)cc(OC(F)(F)F)cc1Br. The molecule has 10 heteroatoms. The van der Waals surface area contributed by atoms with E-state index in [4.69, 9.17) is 4.74 Å². The van der Waals surface area contributed by atoms with Gasteiger partial charge in [-0.15, -0.1) is 13.2 Å². The van der Waals surface area contributed by atoms with Gasteiger partial charge in [0.1, 0.15) is 17.0 Å². The summed E-state index contributed by atoms with van der Waals surface area (Å²) in [6.45, 7) is 0.774. The molecule has 5 nitrogen and oxygen atoms in total. The van der Waals surface area contributed by atoms with Crippen LogP contribution in [0.2, 0.25) is 0 Å².